The highest BCUT2D eigenvalue weighted by molar-refractivity contribution is 7.07. The third-order valence-corrected chi connectivity index (χ3v) is 3.10. The molecule has 0 aliphatic rings. The summed E-state index contributed by atoms with van der Waals surface area (Å²) in [6.07, 6.45) is 7.54. The predicted octanol–water partition coefficient (Wildman–Crippen LogP) is 6.16. The molecule has 0 atom stereocenters. The van der Waals surface area contributed by atoms with E-state index in [2.05, 4.69) is 41.7 Å². The molecule has 0 aromatic carbocycles. The standard InChI is InChI=1S/C13H19NS.2C2H6/c1-3-12(7-9-14-4-2)5-6-13-8-10-15-11-13;2*1-2/h7-11H,3-6H2,1-2H3;2*1-2H3/b12-7+,14-9?;;. The van der Waals surface area contributed by atoms with E-state index < -0.39 is 0 Å². The number of hydrogen-bond acceptors (Lipinski definition) is 2. The summed E-state index contributed by atoms with van der Waals surface area (Å²) in [7, 11) is 0. The fourth-order valence-corrected chi connectivity index (χ4v) is 2.08. The molecule has 1 nitrogen and oxygen atoms in total. The molecule has 0 N–H and O–H groups in total. The van der Waals surface area contributed by atoms with Crippen LogP contribution in [0.2, 0.25) is 0 Å². The van der Waals surface area contributed by atoms with Gasteiger partial charge in [0.1, 0.15) is 0 Å². The van der Waals surface area contributed by atoms with Crippen molar-refractivity contribution in [3.63, 3.8) is 0 Å². The topological polar surface area (TPSA) is 12.4 Å². The second-order valence-corrected chi connectivity index (χ2v) is 4.24. The summed E-state index contributed by atoms with van der Waals surface area (Å²) in [5.41, 5.74) is 2.94. The normalized spacial score (nSPS) is 10.5. The van der Waals surface area contributed by atoms with Gasteiger partial charge in [-0.2, -0.15) is 11.3 Å². The molecule has 0 aliphatic heterocycles. The zero-order valence-electron chi connectivity index (χ0n) is 13.6. The predicted molar refractivity (Wildman–Crippen MR) is 92.7 cm³/mol. The summed E-state index contributed by atoms with van der Waals surface area (Å²) in [5, 5.41) is 4.37. The van der Waals surface area contributed by atoms with Gasteiger partial charge in [-0.1, -0.05) is 40.2 Å². The molecule has 0 radical (unpaired) electrons. The van der Waals surface area contributed by atoms with Crippen LogP contribution in [-0.2, 0) is 6.42 Å². The van der Waals surface area contributed by atoms with Gasteiger partial charge in [0, 0.05) is 12.8 Å². The van der Waals surface area contributed by atoms with Crippen molar-refractivity contribution in [1.29, 1.82) is 0 Å². The van der Waals surface area contributed by atoms with Crippen molar-refractivity contribution in [3.05, 3.63) is 34.0 Å². The van der Waals surface area contributed by atoms with Crippen LogP contribution in [0.3, 0.4) is 0 Å². The second-order valence-electron chi connectivity index (χ2n) is 3.46. The van der Waals surface area contributed by atoms with Crippen molar-refractivity contribution < 1.29 is 0 Å². The number of rotatable bonds is 6. The smallest absolute Gasteiger partial charge is 0.0360 e. The largest absolute Gasteiger partial charge is 0.293 e. The van der Waals surface area contributed by atoms with Gasteiger partial charge >= 0.3 is 0 Å². The Hall–Kier alpha value is -0.890. The maximum atomic E-state index is 4.21. The lowest BCUT2D eigenvalue weighted by Crippen LogP contribution is -1.87. The summed E-state index contributed by atoms with van der Waals surface area (Å²) in [6.45, 7) is 13.1. The number of allylic oxidation sites excluding steroid dienone is 2. The Labute approximate surface area is 124 Å². The highest BCUT2D eigenvalue weighted by atomic mass is 32.1. The maximum absolute atomic E-state index is 4.21. The molecule has 1 aromatic rings. The van der Waals surface area contributed by atoms with Crippen LogP contribution in [0.5, 0.6) is 0 Å². The fourth-order valence-electron chi connectivity index (χ4n) is 1.38. The first-order chi connectivity index (χ1) is 9.36. The summed E-state index contributed by atoms with van der Waals surface area (Å²) in [5.74, 6) is 0. The van der Waals surface area contributed by atoms with E-state index in [1.54, 1.807) is 11.3 Å². The highest BCUT2D eigenvalue weighted by Crippen LogP contribution is 2.13. The summed E-state index contributed by atoms with van der Waals surface area (Å²) >= 11 is 1.77. The molecule has 19 heavy (non-hydrogen) atoms. The molecule has 0 saturated heterocycles. The van der Waals surface area contributed by atoms with Gasteiger partial charge in [-0.05, 0) is 54.7 Å². The minimum absolute atomic E-state index is 0.873. The Morgan fingerprint density at radius 3 is 2.37 bits per heavy atom. The molecular formula is C17H31NS. The Bertz CT molecular complexity index is 310. The van der Waals surface area contributed by atoms with E-state index in [1.807, 2.05) is 33.9 Å². The molecule has 0 bridgehead atoms. The van der Waals surface area contributed by atoms with Crippen LogP contribution in [0.4, 0.5) is 0 Å². The lowest BCUT2D eigenvalue weighted by atomic mass is 10.0. The first kappa shape index (κ1) is 20.4. The van der Waals surface area contributed by atoms with Gasteiger partial charge in [0.15, 0.2) is 0 Å². The van der Waals surface area contributed by atoms with Crippen molar-refractivity contribution >= 4 is 17.6 Å². The van der Waals surface area contributed by atoms with Crippen molar-refractivity contribution in [2.45, 2.75) is 60.8 Å². The average molecular weight is 282 g/mol. The van der Waals surface area contributed by atoms with Crippen LogP contribution in [0.1, 0.15) is 59.9 Å². The SMILES string of the molecule is CC.CC.CCN=C/C=C(\CC)CCc1ccsc1. The second kappa shape index (κ2) is 17.1. The van der Waals surface area contributed by atoms with Gasteiger partial charge in [-0.15, -0.1) is 0 Å². The molecule has 1 rings (SSSR count). The lowest BCUT2D eigenvalue weighted by molar-refractivity contribution is 0.890. The van der Waals surface area contributed by atoms with Crippen LogP contribution in [-0.4, -0.2) is 12.8 Å². The van der Waals surface area contributed by atoms with E-state index >= 15 is 0 Å². The monoisotopic (exact) mass is 281 g/mol. The van der Waals surface area contributed by atoms with Gasteiger partial charge in [-0.3, -0.25) is 4.99 Å². The summed E-state index contributed by atoms with van der Waals surface area (Å²) < 4.78 is 0. The molecule has 0 saturated carbocycles. The van der Waals surface area contributed by atoms with E-state index in [-0.39, 0.29) is 0 Å². The zero-order valence-corrected chi connectivity index (χ0v) is 14.4. The van der Waals surface area contributed by atoms with Crippen LogP contribution in [0.25, 0.3) is 0 Å². The quantitative estimate of drug-likeness (QED) is 0.554. The maximum Gasteiger partial charge on any atom is 0.0360 e. The van der Waals surface area contributed by atoms with Crippen LogP contribution < -0.4 is 0 Å². The first-order valence-corrected chi connectivity index (χ1v) is 8.50. The molecule has 1 aromatic heterocycles. The minimum Gasteiger partial charge on any atom is -0.293 e. The number of hydrogen-bond donors (Lipinski definition) is 0. The molecule has 0 amide bonds. The molecule has 2 heteroatoms. The van der Waals surface area contributed by atoms with E-state index in [4.69, 9.17) is 0 Å². The minimum atomic E-state index is 0.873. The summed E-state index contributed by atoms with van der Waals surface area (Å²) in [4.78, 5) is 4.21. The Balaban J connectivity index is 0. The molecule has 110 valence electrons. The van der Waals surface area contributed by atoms with Gasteiger partial charge in [0.05, 0.1) is 0 Å². The van der Waals surface area contributed by atoms with Gasteiger partial charge in [0.25, 0.3) is 0 Å². The third-order valence-electron chi connectivity index (χ3n) is 2.37. The molecule has 0 spiro atoms. The third kappa shape index (κ3) is 11.9. The first-order valence-electron chi connectivity index (χ1n) is 7.55. The number of nitrogens with zero attached hydrogens (tertiary/aromatic N) is 1. The van der Waals surface area contributed by atoms with E-state index in [0.717, 1.165) is 25.8 Å². The molecule has 0 fully saturated rings. The van der Waals surface area contributed by atoms with Crippen molar-refractivity contribution in [3.8, 4) is 0 Å². The lowest BCUT2D eigenvalue weighted by Gasteiger charge is -2.01. The molecule has 0 aliphatic carbocycles. The van der Waals surface area contributed by atoms with Crippen molar-refractivity contribution in [1.82, 2.24) is 0 Å². The van der Waals surface area contributed by atoms with Crippen LogP contribution in [0.15, 0.2) is 33.5 Å². The zero-order chi connectivity index (χ0) is 14.9. The molecule has 0 unspecified atom stereocenters. The van der Waals surface area contributed by atoms with Gasteiger partial charge in [0.2, 0.25) is 0 Å². The Kier molecular flexibility index (Phi) is 18.4. The number of thiophene rings is 1. The van der Waals surface area contributed by atoms with Gasteiger partial charge < -0.3 is 0 Å². The number of aryl methyl sites for hydroxylation is 1. The van der Waals surface area contributed by atoms with Crippen LogP contribution >= 0.6 is 11.3 Å². The average Bonchev–Trinajstić information content (AvgIpc) is 3.00. The molecule has 1 heterocycles. The number of aliphatic imine (C=N–C) groups is 1. The van der Waals surface area contributed by atoms with E-state index in [9.17, 15) is 0 Å². The fraction of sp³-hybridized carbons (Fsp3) is 0.588. The van der Waals surface area contributed by atoms with Crippen molar-refractivity contribution in [2.75, 3.05) is 6.54 Å². The Morgan fingerprint density at radius 2 is 1.89 bits per heavy atom. The van der Waals surface area contributed by atoms with E-state index in [0.29, 0.717) is 0 Å². The summed E-state index contributed by atoms with van der Waals surface area (Å²) in [6, 6.07) is 2.21. The van der Waals surface area contributed by atoms with Crippen LogP contribution in [0, 0.1) is 0 Å². The highest BCUT2D eigenvalue weighted by Gasteiger charge is 1.96. The van der Waals surface area contributed by atoms with E-state index in [1.165, 1.54) is 11.1 Å². The van der Waals surface area contributed by atoms with Crippen molar-refractivity contribution in [2.24, 2.45) is 4.99 Å². The Morgan fingerprint density at radius 1 is 1.21 bits per heavy atom. The molecular weight excluding hydrogens is 250 g/mol. The van der Waals surface area contributed by atoms with Gasteiger partial charge in [-0.25, -0.2) is 0 Å².